The smallest absolute Gasteiger partial charge is 0.0242 e. The Bertz CT molecular complexity index is 2100. The van der Waals surface area contributed by atoms with E-state index in [1.165, 1.54) is 55.6 Å². The first kappa shape index (κ1) is 36.1. The van der Waals surface area contributed by atoms with Crippen LogP contribution in [-0.2, 0) is 31.9 Å². The topological polar surface area (TPSA) is 38.7 Å². The average molecular weight is 820 g/mol. The van der Waals surface area contributed by atoms with Crippen LogP contribution < -0.4 is 0 Å². The Morgan fingerprint density at radius 2 is 1.39 bits per heavy atom. The van der Waals surface area contributed by atoms with Gasteiger partial charge in [-0.25, -0.2) is 0 Å². The van der Waals surface area contributed by atoms with Crippen LogP contribution in [0, 0.1) is 45.4 Å². The Hall–Kier alpha value is -4.24. The summed E-state index contributed by atoms with van der Waals surface area (Å²) < 4.78 is 0. The monoisotopic (exact) mass is 820 g/mol. The molecule has 0 atom stereocenters. The van der Waals surface area contributed by atoms with Crippen molar-refractivity contribution >= 4 is 0 Å². The van der Waals surface area contributed by atoms with Crippen molar-refractivity contribution in [3.8, 4) is 44.8 Å². The normalized spacial score (nSPS) is 12.7. The maximum absolute atomic E-state index is 4.67. The van der Waals surface area contributed by atoms with Gasteiger partial charge in [-0.2, -0.15) is 0 Å². The molecule has 0 saturated heterocycles. The predicted octanol–water partition coefficient (Wildman–Crippen LogP) is 11.3. The zero-order chi connectivity index (χ0) is 34.2. The summed E-state index contributed by atoms with van der Waals surface area (Å²) in [5.74, 6) is 0. The number of pyridine rings is 3. The number of fused-ring (bicyclic) bond motifs is 3. The Morgan fingerprint density at radius 1 is 0.673 bits per heavy atom. The van der Waals surface area contributed by atoms with Gasteiger partial charge in [0.2, 0.25) is 0 Å². The van der Waals surface area contributed by atoms with E-state index in [4.69, 9.17) is 0 Å². The molecule has 6 aromatic rings. The molecule has 0 unspecified atom stereocenters. The minimum absolute atomic E-state index is 0. The number of hydrogen-bond donors (Lipinski definition) is 0. The number of aryl methyl sites for hydroxylation is 4. The Labute approximate surface area is 306 Å². The summed E-state index contributed by atoms with van der Waals surface area (Å²) >= 11 is 0. The van der Waals surface area contributed by atoms with Crippen LogP contribution in [0.4, 0.5) is 0 Å². The molecule has 0 N–H and O–H groups in total. The molecule has 4 heteroatoms. The van der Waals surface area contributed by atoms with Gasteiger partial charge in [0.1, 0.15) is 0 Å². The van der Waals surface area contributed by atoms with E-state index in [-0.39, 0.29) is 25.5 Å². The summed E-state index contributed by atoms with van der Waals surface area (Å²) in [6.07, 6.45) is 9.88. The van der Waals surface area contributed by atoms with Crippen LogP contribution in [0.2, 0.25) is 0 Å². The van der Waals surface area contributed by atoms with Crippen molar-refractivity contribution in [2.45, 2.75) is 74.1 Å². The van der Waals surface area contributed by atoms with Crippen LogP contribution in [0.3, 0.4) is 0 Å². The number of hydrogen-bond acceptors (Lipinski definition) is 3. The van der Waals surface area contributed by atoms with Crippen LogP contribution in [0.15, 0.2) is 97.5 Å². The summed E-state index contributed by atoms with van der Waals surface area (Å²) in [6, 6.07) is 31.6. The van der Waals surface area contributed by atoms with E-state index in [1.807, 2.05) is 18.5 Å². The van der Waals surface area contributed by atoms with Crippen LogP contribution in [0.25, 0.3) is 44.8 Å². The molecule has 0 bridgehead atoms. The van der Waals surface area contributed by atoms with E-state index in [9.17, 15) is 0 Å². The van der Waals surface area contributed by atoms with Crippen molar-refractivity contribution in [1.29, 1.82) is 0 Å². The SMILES string of the molecule is Cc1ccn[c-]c1-c1cc2c(cn1)-c1ccccc1C2(C)C.Cc1cnc(-c2[c-]cc(C)c(-c3ccc(CC(C)(C)C)cc3)c2)cc1C.[Ir]. The fourth-order valence-electron chi connectivity index (χ4n) is 6.62. The second kappa shape index (κ2) is 14.3. The average Bonchev–Trinajstić information content (AvgIpc) is 3.29. The molecule has 3 nitrogen and oxygen atoms in total. The zero-order valence-electron chi connectivity index (χ0n) is 30.1. The summed E-state index contributed by atoms with van der Waals surface area (Å²) in [5.41, 5.74) is 18.3. The quantitative estimate of drug-likeness (QED) is 0.166. The largest absolute Gasteiger partial charge is 0.360 e. The van der Waals surface area contributed by atoms with Crippen molar-refractivity contribution in [2.24, 2.45) is 5.41 Å². The molecule has 49 heavy (non-hydrogen) atoms. The van der Waals surface area contributed by atoms with Crippen molar-refractivity contribution in [3.05, 3.63) is 149 Å². The van der Waals surface area contributed by atoms with Crippen LogP contribution >= 0.6 is 0 Å². The number of aromatic nitrogens is 3. The standard InChI is InChI=1S/C25H28N.C20H17N2.Ir/c1-17-7-10-22(24-13-18(2)19(3)16-26-24)14-23(17)21-11-8-20(9-12-21)15-25(4,5)6;1-13-8-9-21-11-15(13)19-10-18-16(12-22-19)14-6-4-5-7-17(14)20(18,2)3;/h7-9,11-14,16H,15H2,1-6H3;4-10,12H,1-3H3;/q2*-1;. The molecule has 0 aliphatic heterocycles. The third-order valence-corrected chi connectivity index (χ3v) is 9.50. The molecule has 0 amide bonds. The van der Waals surface area contributed by atoms with Gasteiger partial charge in [0.25, 0.3) is 0 Å². The zero-order valence-corrected chi connectivity index (χ0v) is 32.5. The first-order valence-electron chi connectivity index (χ1n) is 16.8. The van der Waals surface area contributed by atoms with Crippen molar-refractivity contribution in [1.82, 2.24) is 15.0 Å². The molecule has 1 radical (unpaired) electrons. The minimum Gasteiger partial charge on any atom is -0.360 e. The molecule has 3 aromatic heterocycles. The minimum atomic E-state index is -0.000268. The van der Waals surface area contributed by atoms with Gasteiger partial charge in [-0.3, -0.25) is 0 Å². The molecular weight excluding hydrogens is 775 g/mol. The van der Waals surface area contributed by atoms with Crippen molar-refractivity contribution < 1.29 is 20.1 Å². The van der Waals surface area contributed by atoms with Gasteiger partial charge >= 0.3 is 0 Å². The Kier molecular flexibility index (Phi) is 10.5. The van der Waals surface area contributed by atoms with Crippen molar-refractivity contribution in [2.75, 3.05) is 0 Å². The number of rotatable bonds is 4. The van der Waals surface area contributed by atoms with Crippen LogP contribution in [0.1, 0.15) is 73.6 Å². The number of nitrogens with zero attached hydrogens (tertiary/aromatic N) is 3. The first-order chi connectivity index (χ1) is 22.8. The van der Waals surface area contributed by atoms with Gasteiger partial charge in [0.15, 0.2) is 0 Å². The summed E-state index contributed by atoms with van der Waals surface area (Å²) in [6.45, 7) is 19.8. The Balaban J connectivity index is 0.000000189. The number of benzene rings is 3. The van der Waals surface area contributed by atoms with E-state index >= 15 is 0 Å². The van der Waals surface area contributed by atoms with E-state index < -0.39 is 0 Å². The van der Waals surface area contributed by atoms with Gasteiger partial charge in [0, 0.05) is 43.5 Å². The molecule has 3 aromatic carbocycles. The third-order valence-electron chi connectivity index (χ3n) is 9.50. The van der Waals surface area contributed by atoms with Crippen LogP contribution in [-0.4, -0.2) is 15.0 Å². The molecular formula is C45H45IrN3-2. The predicted molar refractivity (Wildman–Crippen MR) is 200 cm³/mol. The fraction of sp³-hybridized carbons (Fsp3) is 0.267. The van der Waals surface area contributed by atoms with E-state index in [0.717, 1.165) is 34.5 Å². The van der Waals surface area contributed by atoms with Crippen molar-refractivity contribution in [3.63, 3.8) is 0 Å². The second-order valence-corrected chi connectivity index (χ2v) is 14.9. The maximum Gasteiger partial charge on any atom is 0.0242 e. The molecule has 0 fully saturated rings. The molecule has 251 valence electrons. The van der Waals surface area contributed by atoms with E-state index in [1.54, 1.807) is 6.20 Å². The van der Waals surface area contributed by atoms with Gasteiger partial charge in [-0.15, -0.1) is 46.5 Å². The van der Waals surface area contributed by atoms with Gasteiger partial charge < -0.3 is 15.0 Å². The molecule has 1 aliphatic carbocycles. The molecule has 7 rings (SSSR count). The molecule has 3 heterocycles. The molecule has 0 spiro atoms. The summed E-state index contributed by atoms with van der Waals surface area (Å²) in [7, 11) is 0. The third kappa shape index (κ3) is 7.67. The van der Waals surface area contributed by atoms with Gasteiger partial charge in [0.05, 0.1) is 0 Å². The molecule has 0 saturated carbocycles. The summed E-state index contributed by atoms with van der Waals surface area (Å²) in [4.78, 5) is 13.4. The van der Waals surface area contributed by atoms with E-state index in [2.05, 4.69) is 162 Å². The fourth-order valence-corrected chi connectivity index (χ4v) is 6.62. The maximum atomic E-state index is 4.67. The van der Waals surface area contributed by atoms with Gasteiger partial charge in [-0.1, -0.05) is 126 Å². The van der Waals surface area contributed by atoms with Gasteiger partial charge in [-0.05, 0) is 76.6 Å². The second-order valence-electron chi connectivity index (χ2n) is 14.9. The first-order valence-corrected chi connectivity index (χ1v) is 16.8. The summed E-state index contributed by atoms with van der Waals surface area (Å²) in [5, 5.41) is 0. The van der Waals surface area contributed by atoms with Crippen LogP contribution in [0.5, 0.6) is 0 Å². The Morgan fingerprint density at radius 3 is 2.08 bits per heavy atom. The molecule has 1 aliphatic rings. The van der Waals surface area contributed by atoms with E-state index in [0.29, 0.717) is 5.41 Å².